The maximum absolute atomic E-state index is 12.7. The SMILES string of the molecule is CCCn1c(SCC(=O)Nc2cc(OC)ccc2OC)nnc1-c1csc2c1CCC(C)C2. The molecule has 3 aromatic rings. The number of nitrogens with zero attached hydrogens (tertiary/aromatic N) is 3. The number of carbonyl (C=O) groups is 1. The van der Waals surface area contributed by atoms with Crippen LogP contribution in [0.1, 0.15) is 37.1 Å². The Morgan fingerprint density at radius 2 is 2.15 bits per heavy atom. The molecule has 1 aliphatic carbocycles. The molecule has 1 atom stereocenters. The predicted octanol–water partition coefficient (Wildman–Crippen LogP) is 5.29. The molecule has 0 fully saturated rings. The quantitative estimate of drug-likeness (QED) is 0.414. The number of thiophene rings is 1. The Morgan fingerprint density at radius 1 is 1.30 bits per heavy atom. The third-order valence-electron chi connectivity index (χ3n) is 5.82. The molecule has 0 aliphatic heterocycles. The summed E-state index contributed by atoms with van der Waals surface area (Å²) in [5.41, 5.74) is 3.22. The van der Waals surface area contributed by atoms with E-state index < -0.39 is 0 Å². The van der Waals surface area contributed by atoms with Crippen molar-refractivity contribution in [3.63, 3.8) is 0 Å². The van der Waals surface area contributed by atoms with Crippen molar-refractivity contribution in [1.29, 1.82) is 0 Å². The van der Waals surface area contributed by atoms with Gasteiger partial charge >= 0.3 is 0 Å². The zero-order chi connectivity index (χ0) is 23.4. The summed E-state index contributed by atoms with van der Waals surface area (Å²) < 4.78 is 12.8. The largest absolute Gasteiger partial charge is 0.497 e. The number of thioether (sulfide) groups is 1. The van der Waals surface area contributed by atoms with Crippen molar-refractivity contribution in [2.24, 2.45) is 5.92 Å². The average molecular weight is 487 g/mol. The van der Waals surface area contributed by atoms with Gasteiger partial charge in [0.1, 0.15) is 11.5 Å². The Balaban J connectivity index is 1.50. The number of nitrogens with one attached hydrogen (secondary N) is 1. The molecule has 1 aromatic carbocycles. The second-order valence-electron chi connectivity index (χ2n) is 8.26. The lowest BCUT2D eigenvalue weighted by atomic mass is 9.88. The maximum atomic E-state index is 12.7. The molecular weight excluding hydrogens is 456 g/mol. The van der Waals surface area contributed by atoms with Gasteiger partial charge in [-0.25, -0.2) is 0 Å². The Morgan fingerprint density at radius 3 is 2.91 bits per heavy atom. The fourth-order valence-electron chi connectivity index (χ4n) is 4.11. The van der Waals surface area contributed by atoms with Gasteiger partial charge < -0.3 is 19.4 Å². The number of aromatic nitrogens is 3. The van der Waals surface area contributed by atoms with Crippen molar-refractivity contribution in [2.45, 2.75) is 51.2 Å². The number of anilines is 1. The minimum atomic E-state index is -0.138. The lowest BCUT2D eigenvalue weighted by Crippen LogP contribution is -2.15. The van der Waals surface area contributed by atoms with Crippen LogP contribution in [0.3, 0.4) is 0 Å². The summed E-state index contributed by atoms with van der Waals surface area (Å²) in [6.45, 7) is 5.28. The van der Waals surface area contributed by atoms with Crippen molar-refractivity contribution in [3.05, 3.63) is 34.0 Å². The first kappa shape index (κ1) is 23.6. The molecule has 1 amide bonds. The Labute approximate surface area is 202 Å². The molecule has 9 heteroatoms. The third-order valence-corrected chi connectivity index (χ3v) is 7.84. The average Bonchev–Trinajstić information content (AvgIpc) is 3.41. The van der Waals surface area contributed by atoms with Gasteiger partial charge in [-0.15, -0.1) is 21.5 Å². The molecule has 1 N–H and O–H groups in total. The van der Waals surface area contributed by atoms with E-state index in [9.17, 15) is 4.79 Å². The van der Waals surface area contributed by atoms with E-state index in [1.807, 2.05) is 11.3 Å². The van der Waals surface area contributed by atoms with Crippen molar-refractivity contribution in [3.8, 4) is 22.9 Å². The lowest BCUT2D eigenvalue weighted by Gasteiger charge is -2.19. The maximum Gasteiger partial charge on any atom is 0.234 e. The van der Waals surface area contributed by atoms with E-state index in [0.717, 1.165) is 42.7 Å². The summed E-state index contributed by atoms with van der Waals surface area (Å²) in [5.74, 6) is 2.98. The van der Waals surface area contributed by atoms with Crippen molar-refractivity contribution >= 4 is 34.7 Å². The molecule has 4 rings (SSSR count). The minimum absolute atomic E-state index is 0.138. The number of fused-ring (bicyclic) bond motifs is 1. The van der Waals surface area contributed by atoms with Gasteiger partial charge in [0.2, 0.25) is 5.91 Å². The predicted molar refractivity (Wildman–Crippen MR) is 134 cm³/mol. The second-order valence-corrected chi connectivity index (χ2v) is 10.2. The number of benzene rings is 1. The minimum Gasteiger partial charge on any atom is -0.497 e. The van der Waals surface area contributed by atoms with E-state index >= 15 is 0 Å². The zero-order valence-electron chi connectivity index (χ0n) is 19.5. The number of carbonyl (C=O) groups excluding carboxylic acids is 1. The van der Waals surface area contributed by atoms with Crippen LogP contribution in [-0.2, 0) is 24.2 Å². The number of amides is 1. The summed E-state index contributed by atoms with van der Waals surface area (Å²) in [5, 5.41) is 14.9. The Bertz CT molecular complexity index is 1130. The first-order valence-corrected chi connectivity index (χ1v) is 13.1. The van der Waals surface area contributed by atoms with Crippen LogP contribution in [-0.4, -0.2) is 40.6 Å². The van der Waals surface area contributed by atoms with Crippen LogP contribution in [0.25, 0.3) is 11.4 Å². The molecule has 0 radical (unpaired) electrons. The van der Waals surface area contributed by atoms with E-state index in [1.165, 1.54) is 34.2 Å². The first-order valence-electron chi connectivity index (χ1n) is 11.2. The van der Waals surface area contributed by atoms with Gasteiger partial charge in [-0.2, -0.15) is 0 Å². The van der Waals surface area contributed by atoms with Gasteiger partial charge in [-0.1, -0.05) is 25.6 Å². The number of rotatable bonds is 9. The molecule has 0 saturated heterocycles. The van der Waals surface area contributed by atoms with Gasteiger partial charge in [0.05, 0.1) is 25.7 Å². The van der Waals surface area contributed by atoms with Crippen LogP contribution in [0.5, 0.6) is 11.5 Å². The van der Waals surface area contributed by atoms with Crippen LogP contribution >= 0.6 is 23.1 Å². The van der Waals surface area contributed by atoms with E-state index in [2.05, 4.69) is 39.3 Å². The van der Waals surface area contributed by atoms with E-state index in [0.29, 0.717) is 17.2 Å². The molecule has 33 heavy (non-hydrogen) atoms. The Hall–Kier alpha value is -2.52. The van der Waals surface area contributed by atoms with Crippen LogP contribution < -0.4 is 14.8 Å². The fraction of sp³-hybridized carbons (Fsp3) is 0.458. The fourth-order valence-corrected chi connectivity index (χ4v) is 6.12. The normalized spacial score (nSPS) is 15.2. The van der Waals surface area contributed by atoms with Gasteiger partial charge in [0.25, 0.3) is 0 Å². The number of ether oxygens (including phenoxy) is 2. The molecule has 1 aliphatic rings. The first-order chi connectivity index (χ1) is 16.0. The van der Waals surface area contributed by atoms with Gasteiger partial charge in [-0.3, -0.25) is 4.79 Å². The van der Waals surface area contributed by atoms with Gasteiger partial charge in [0.15, 0.2) is 11.0 Å². The molecule has 0 saturated carbocycles. The lowest BCUT2D eigenvalue weighted by molar-refractivity contribution is -0.113. The Kier molecular flexibility index (Phi) is 7.60. The molecular formula is C24H30N4O3S2. The van der Waals surface area contributed by atoms with Crippen molar-refractivity contribution in [1.82, 2.24) is 14.8 Å². The molecule has 7 nitrogen and oxygen atoms in total. The highest BCUT2D eigenvalue weighted by molar-refractivity contribution is 7.99. The van der Waals surface area contributed by atoms with Crippen molar-refractivity contribution in [2.75, 3.05) is 25.3 Å². The highest BCUT2D eigenvalue weighted by Gasteiger charge is 2.24. The molecule has 0 bridgehead atoms. The van der Waals surface area contributed by atoms with E-state index in [1.54, 1.807) is 32.4 Å². The number of hydrogen-bond acceptors (Lipinski definition) is 7. The van der Waals surface area contributed by atoms with Crippen LogP contribution in [0, 0.1) is 5.92 Å². The van der Waals surface area contributed by atoms with Gasteiger partial charge in [0, 0.05) is 28.4 Å². The summed E-state index contributed by atoms with van der Waals surface area (Å²) in [6.07, 6.45) is 4.43. The van der Waals surface area contributed by atoms with Crippen LogP contribution in [0.4, 0.5) is 5.69 Å². The molecule has 1 unspecified atom stereocenters. The van der Waals surface area contributed by atoms with Gasteiger partial charge in [-0.05, 0) is 49.3 Å². The molecule has 2 heterocycles. The second kappa shape index (κ2) is 10.6. The smallest absolute Gasteiger partial charge is 0.234 e. The van der Waals surface area contributed by atoms with Crippen molar-refractivity contribution < 1.29 is 14.3 Å². The summed E-state index contributed by atoms with van der Waals surface area (Å²) in [6, 6.07) is 5.31. The molecule has 2 aromatic heterocycles. The summed E-state index contributed by atoms with van der Waals surface area (Å²) >= 11 is 3.24. The number of hydrogen-bond donors (Lipinski definition) is 1. The zero-order valence-corrected chi connectivity index (χ0v) is 21.1. The number of methoxy groups -OCH3 is 2. The molecule has 0 spiro atoms. The molecule has 176 valence electrons. The summed E-state index contributed by atoms with van der Waals surface area (Å²) in [7, 11) is 3.16. The highest BCUT2D eigenvalue weighted by atomic mass is 32.2. The topological polar surface area (TPSA) is 78.3 Å². The monoisotopic (exact) mass is 486 g/mol. The third kappa shape index (κ3) is 5.19. The summed E-state index contributed by atoms with van der Waals surface area (Å²) in [4.78, 5) is 14.2. The van der Waals surface area contributed by atoms with E-state index in [4.69, 9.17) is 9.47 Å². The van der Waals surface area contributed by atoms with Crippen LogP contribution in [0.2, 0.25) is 0 Å². The highest BCUT2D eigenvalue weighted by Crippen LogP contribution is 2.38. The van der Waals surface area contributed by atoms with E-state index in [-0.39, 0.29) is 11.7 Å². The standard InChI is InChI=1S/C24H30N4O3S2/c1-5-10-28-23(18-13-32-21-11-15(2)6-8-17(18)21)26-27-24(28)33-14-22(29)25-19-12-16(30-3)7-9-20(19)31-4/h7,9,12-13,15H,5-6,8,10-11,14H2,1-4H3,(H,25,29). The van der Waals surface area contributed by atoms with Crippen LogP contribution in [0.15, 0.2) is 28.7 Å².